The molecule has 1 aliphatic heterocycles. The van der Waals surface area contributed by atoms with E-state index in [-0.39, 0.29) is 0 Å². The molecule has 5 atom stereocenters. The molecule has 88 valence electrons. The van der Waals surface area contributed by atoms with Crippen LogP contribution in [0.25, 0.3) is 0 Å². The summed E-state index contributed by atoms with van der Waals surface area (Å²) in [7, 11) is 1.37. The first-order valence-electron chi connectivity index (χ1n) is 4.69. The van der Waals surface area contributed by atoms with Crippen molar-refractivity contribution >= 4 is 5.97 Å². The number of methoxy groups -OCH3 is 1. The number of hydrogen-bond acceptors (Lipinski definition) is 6. The molecular formula is C9H16O6. The summed E-state index contributed by atoms with van der Waals surface area (Å²) in [5.41, 5.74) is 0. The molecule has 0 aromatic heterocycles. The lowest BCUT2D eigenvalue weighted by Gasteiger charge is -2.40. The molecule has 1 saturated heterocycles. The van der Waals surface area contributed by atoms with Crippen LogP contribution in [0, 0.1) is 0 Å². The van der Waals surface area contributed by atoms with Gasteiger partial charge in [-0.3, -0.25) is 4.79 Å². The fourth-order valence-electron chi connectivity index (χ4n) is 1.59. The Bertz CT molecular complexity index is 231. The van der Waals surface area contributed by atoms with E-state index in [1.165, 1.54) is 14.0 Å². The van der Waals surface area contributed by atoms with Gasteiger partial charge in [0.2, 0.25) is 0 Å². The summed E-state index contributed by atoms with van der Waals surface area (Å²) >= 11 is 0. The number of aliphatic hydroxyl groups excluding tert-OH is 2. The lowest BCUT2D eigenvalue weighted by Crippen LogP contribution is -2.58. The highest BCUT2D eigenvalue weighted by Gasteiger charge is 2.45. The first-order valence-corrected chi connectivity index (χ1v) is 4.69. The maximum atomic E-state index is 10.8. The third kappa shape index (κ3) is 2.66. The van der Waals surface area contributed by atoms with E-state index >= 15 is 0 Å². The van der Waals surface area contributed by atoms with Crippen molar-refractivity contribution in [1.29, 1.82) is 0 Å². The Labute approximate surface area is 87.7 Å². The minimum atomic E-state index is -1.28. The third-order valence-corrected chi connectivity index (χ3v) is 2.35. The van der Waals surface area contributed by atoms with Crippen molar-refractivity contribution < 1.29 is 29.2 Å². The molecule has 0 amide bonds. The Morgan fingerprint density at radius 2 is 1.93 bits per heavy atom. The fourth-order valence-corrected chi connectivity index (χ4v) is 1.59. The van der Waals surface area contributed by atoms with Crippen molar-refractivity contribution in [2.75, 3.05) is 7.11 Å². The zero-order valence-electron chi connectivity index (χ0n) is 8.91. The van der Waals surface area contributed by atoms with Gasteiger partial charge in [-0.15, -0.1) is 0 Å². The molecular weight excluding hydrogens is 204 g/mol. The lowest BCUT2D eigenvalue weighted by atomic mass is 9.99. The molecule has 1 rings (SSSR count). The maximum absolute atomic E-state index is 10.8. The van der Waals surface area contributed by atoms with Crippen LogP contribution in [-0.2, 0) is 19.0 Å². The summed E-state index contributed by atoms with van der Waals surface area (Å²) in [4.78, 5) is 10.8. The van der Waals surface area contributed by atoms with E-state index in [4.69, 9.17) is 14.2 Å². The second-order valence-electron chi connectivity index (χ2n) is 3.50. The zero-order valence-corrected chi connectivity index (χ0v) is 8.91. The molecule has 2 N–H and O–H groups in total. The van der Waals surface area contributed by atoms with Gasteiger partial charge in [-0.2, -0.15) is 0 Å². The normalized spacial score (nSPS) is 41.3. The molecule has 6 heteroatoms. The van der Waals surface area contributed by atoms with Crippen LogP contribution in [0.15, 0.2) is 0 Å². The average molecular weight is 220 g/mol. The molecule has 0 radical (unpaired) electrons. The first-order chi connectivity index (χ1) is 6.97. The number of carbonyl (C=O) groups excluding carboxylic acids is 1. The molecule has 0 saturated carbocycles. The minimum Gasteiger partial charge on any atom is -0.454 e. The van der Waals surface area contributed by atoms with E-state index in [9.17, 15) is 15.0 Å². The molecule has 6 nitrogen and oxygen atoms in total. The van der Waals surface area contributed by atoms with Gasteiger partial charge in [-0.05, 0) is 6.92 Å². The summed E-state index contributed by atoms with van der Waals surface area (Å²) in [6, 6.07) is 0. The molecule has 0 aromatic rings. The number of esters is 1. The van der Waals surface area contributed by atoms with Gasteiger partial charge >= 0.3 is 5.97 Å². The van der Waals surface area contributed by atoms with Gasteiger partial charge in [-0.1, -0.05) is 0 Å². The molecule has 1 fully saturated rings. The highest BCUT2D eigenvalue weighted by molar-refractivity contribution is 5.66. The van der Waals surface area contributed by atoms with Crippen LogP contribution in [0.5, 0.6) is 0 Å². The molecule has 0 bridgehead atoms. The van der Waals surface area contributed by atoms with E-state index in [2.05, 4.69) is 0 Å². The highest BCUT2D eigenvalue weighted by atomic mass is 16.7. The van der Waals surface area contributed by atoms with Crippen molar-refractivity contribution in [3.05, 3.63) is 0 Å². The zero-order chi connectivity index (χ0) is 11.6. The smallest absolute Gasteiger partial charge is 0.303 e. The second kappa shape index (κ2) is 4.89. The van der Waals surface area contributed by atoms with E-state index in [1.54, 1.807) is 6.92 Å². The van der Waals surface area contributed by atoms with Crippen LogP contribution < -0.4 is 0 Å². The standard InChI is InChI=1S/C9H16O6/c1-4-6(11)7(13-3)8(9(12)14-4)15-5(2)10/h4,6-9,11-12H,1-3H3. The number of hydrogen-bond donors (Lipinski definition) is 2. The van der Waals surface area contributed by atoms with Crippen molar-refractivity contribution in [2.24, 2.45) is 0 Å². The van der Waals surface area contributed by atoms with Gasteiger partial charge in [0.1, 0.15) is 12.2 Å². The fraction of sp³-hybridized carbons (Fsp3) is 0.889. The monoisotopic (exact) mass is 220 g/mol. The second-order valence-corrected chi connectivity index (χ2v) is 3.50. The lowest BCUT2D eigenvalue weighted by molar-refractivity contribution is -0.286. The van der Waals surface area contributed by atoms with Gasteiger partial charge in [0.15, 0.2) is 12.4 Å². The Morgan fingerprint density at radius 3 is 2.40 bits per heavy atom. The highest BCUT2D eigenvalue weighted by Crippen LogP contribution is 2.24. The summed E-state index contributed by atoms with van der Waals surface area (Å²) in [5, 5.41) is 19.2. The van der Waals surface area contributed by atoms with Gasteiger partial charge in [0, 0.05) is 14.0 Å². The third-order valence-electron chi connectivity index (χ3n) is 2.35. The summed E-state index contributed by atoms with van der Waals surface area (Å²) < 4.78 is 14.8. The average Bonchev–Trinajstić information content (AvgIpc) is 2.14. The molecule has 15 heavy (non-hydrogen) atoms. The van der Waals surface area contributed by atoms with Crippen LogP contribution in [-0.4, -0.2) is 54.0 Å². The Morgan fingerprint density at radius 1 is 1.33 bits per heavy atom. The maximum Gasteiger partial charge on any atom is 0.303 e. The van der Waals surface area contributed by atoms with Crippen molar-refractivity contribution in [2.45, 2.75) is 44.6 Å². The van der Waals surface area contributed by atoms with Gasteiger partial charge in [0.25, 0.3) is 0 Å². The Balaban J connectivity index is 2.76. The van der Waals surface area contributed by atoms with Crippen molar-refractivity contribution in [1.82, 2.24) is 0 Å². The number of rotatable bonds is 2. The summed E-state index contributed by atoms with van der Waals surface area (Å²) in [5.74, 6) is -0.563. The molecule has 0 aliphatic carbocycles. The largest absolute Gasteiger partial charge is 0.454 e. The Hall–Kier alpha value is -0.690. The predicted octanol–water partition coefficient (Wildman–Crippen LogP) is -0.969. The van der Waals surface area contributed by atoms with E-state index in [1.807, 2.05) is 0 Å². The van der Waals surface area contributed by atoms with Gasteiger partial charge in [-0.25, -0.2) is 0 Å². The van der Waals surface area contributed by atoms with Crippen molar-refractivity contribution in [3.8, 4) is 0 Å². The van der Waals surface area contributed by atoms with Crippen LogP contribution in [0.1, 0.15) is 13.8 Å². The van der Waals surface area contributed by atoms with E-state index in [0.717, 1.165) is 0 Å². The molecule has 0 aromatic carbocycles. The summed E-state index contributed by atoms with van der Waals surface area (Å²) in [6.07, 6.45) is -4.58. The SMILES string of the molecule is COC1C(O)C(C)OC(O)C1OC(C)=O. The molecule has 1 aliphatic rings. The van der Waals surface area contributed by atoms with Crippen LogP contribution in [0.3, 0.4) is 0 Å². The van der Waals surface area contributed by atoms with Gasteiger partial charge < -0.3 is 24.4 Å². The van der Waals surface area contributed by atoms with Crippen LogP contribution >= 0.6 is 0 Å². The topological polar surface area (TPSA) is 85.2 Å². The molecule has 5 unspecified atom stereocenters. The quantitative estimate of drug-likeness (QED) is 0.582. The minimum absolute atomic E-state index is 0.563. The number of aliphatic hydroxyl groups is 2. The van der Waals surface area contributed by atoms with Crippen molar-refractivity contribution in [3.63, 3.8) is 0 Å². The van der Waals surface area contributed by atoms with Crippen LogP contribution in [0.4, 0.5) is 0 Å². The molecule has 0 spiro atoms. The first kappa shape index (κ1) is 12.4. The Kier molecular flexibility index (Phi) is 4.04. The van der Waals surface area contributed by atoms with Crippen LogP contribution in [0.2, 0.25) is 0 Å². The number of carbonyl (C=O) groups is 1. The van der Waals surface area contributed by atoms with Gasteiger partial charge in [0.05, 0.1) is 6.10 Å². The summed E-state index contributed by atoms with van der Waals surface area (Å²) in [6.45, 7) is 2.81. The number of ether oxygens (including phenoxy) is 3. The van der Waals surface area contributed by atoms with E-state index in [0.29, 0.717) is 0 Å². The predicted molar refractivity (Wildman–Crippen MR) is 48.9 cm³/mol. The molecule has 1 heterocycles. The van der Waals surface area contributed by atoms with E-state index < -0.39 is 36.7 Å².